The third kappa shape index (κ3) is 2.54. The molecule has 0 unspecified atom stereocenters. The van der Waals surface area contributed by atoms with E-state index in [-0.39, 0.29) is 0 Å². The van der Waals surface area contributed by atoms with Crippen LogP contribution in [-0.2, 0) is 4.74 Å². The molecule has 0 aliphatic carbocycles. The third-order valence-corrected chi connectivity index (χ3v) is 3.46. The number of hydrogen-bond acceptors (Lipinski definition) is 4. The third-order valence-electron chi connectivity index (χ3n) is 3.46. The van der Waals surface area contributed by atoms with Gasteiger partial charge in [-0.1, -0.05) is 12.1 Å². The minimum atomic E-state index is 0.804. The lowest BCUT2D eigenvalue weighted by Gasteiger charge is -2.28. The summed E-state index contributed by atoms with van der Waals surface area (Å²) in [5.41, 5.74) is 2.49. The Bertz CT molecular complexity index is 438. The molecule has 1 aromatic heterocycles. The highest BCUT2D eigenvalue weighted by atomic mass is 16.5. The predicted octanol–water partition coefficient (Wildman–Crippen LogP) is 1.29. The Hall–Kier alpha value is -1.39. The van der Waals surface area contributed by atoms with Gasteiger partial charge in [0.1, 0.15) is 5.82 Å². The van der Waals surface area contributed by atoms with Gasteiger partial charge in [0.05, 0.1) is 18.9 Å². The number of hydrogen-bond donors (Lipinski definition) is 1. The highest BCUT2D eigenvalue weighted by Crippen LogP contribution is 2.21. The van der Waals surface area contributed by atoms with Gasteiger partial charge in [-0.25, -0.2) is 4.98 Å². The first-order valence-electron chi connectivity index (χ1n) is 6.63. The van der Waals surface area contributed by atoms with Crippen LogP contribution in [0.2, 0.25) is 0 Å². The van der Waals surface area contributed by atoms with E-state index in [0.717, 1.165) is 57.3 Å². The first kappa shape index (κ1) is 11.7. The van der Waals surface area contributed by atoms with Crippen molar-refractivity contribution in [2.75, 3.05) is 44.3 Å². The molecular formula is C14H19N3O. The Balaban J connectivity index is 1.81. The molecule has 1 fully saturated rings. The van der Waals surface area contributed by atoms with Crippen LogP contribution in [0.15, 0.2) is 24.3 Å². The summed E-state index contributed by atoms with van der Waals surface area (Å²) in [5.74, 6) is 1.08. The van der Waals surface area contributed by atoms with Gasteiger partial charge in [-0.3, -0.25) is 0 Å². The molecule has 4 heteroatoms. The highest BCUT2D eigenvalue weighted by Gasteiger charge is 2.14. The largest absolute Gasteiger partial charge is 0.378 e. The molecule has 3 heterocycles. The highest BCUT2D eigenvalue weighted by molar-refractivity contribution is 5.65. The molecule has 0 atom stereocenters. The molecule has 1 aromatic rings. The maximum absolute atomic E-state index is 5.38. The SMILES string of the molecule is C1=C(c2cccc(N3CCOCC3)n2)CCNC1. The summed E-state index contributed by atoms with van der Waals surface area (Å²) in [6.07, 6.45) is 3.31. The van der Waals surface area contributed by atoms with Crippen LogP contribution in [-0.4, -0.2) is 44.4 Å². The van der Waals surface area contributed by atoms with E-state index in [4.69, 9.17) is 9.72 Å². The van der Waals surface area contributed by atoms with E-state index in [2.05, 4.69) is 34.5 Å². The normalized spacial score (nSPS) is 20.7. The Morgan fingerprint density at radius 1 is 1.22 bits per heavy atom. The van der Waals surface area contributed by atoms with Crippen molar-refractivity contribution in [2.45, 2.75) is 6.42 Å². The standard InChI is InChI=1S/C14H19N3O/c1-2-13(12-4-6-15-7-5-12)16-14(3-1)17-8-10-18-11-9-17/h1-4,15H,5-11H2. The second kappa shape index (κ2) is 5.50. The first-order chi connectivity index (χ1) is 8.93. The average Bonchev–Trinajstić information content (AvgIpc) is 2.49. The monoisotopic (exact) mass is 245 g/mol. The Kier molecular flexibility index (Phi) is 3.57. The molecule has 0 radical (unpaired) electrons. The number of aromatic nitrogens is 1. The summed E-state index contributed by atoms with van der Waals surface area (Å²) in [7, 11) is 0. The Morgan fingerprint density at radius 2 is 2.11 bits per heavy atom. The van der Waals surface area contributed by atoms with Gasteiger partial charge < -0.3 is 15.0 Å². The fraction of sp³-hybridized carbons (Fsp3) is 0.500. The molecule has 18 heavy (non-hydrogen) atoms. The zero-order chi connectivity index (χ0) is 12.2. The minimum absolute atomic E-state index is 0.804. The van der Waals surface area contributed by atoms with Crippen molar-refractivity contribution in [1.29, 1.82) is 0 Å². The fourth-order valence-corrected chi connectivity index (χ4v) is 2.43. The average molecular weight is 245 g/mol. The summed E-state index contributed by atoms with van der Waals surface area (Å²) >= 11 is 0. The van der Waals surface area contributed by atoms with Crippen LogP contribution in [0.4, 0.5) is 5.82 Å². The summed E-state index contributed by atoms with van der Waals surface area (Å²) in [4.78, 5) is 7.09. The number of rotatable bonds is 2. The topological polar surface area (TPSA) is 37.4 Å². The number of nitrogens with zero attached hydrogens (tertiary/aromatic N) is 2. The summed E-state index contributed by atoms with van der Waals surface area (Å²) in [6, 6.07) is 6.31. The molecule has 0 aromatic carbocycles. The summed E-state index contributed by atoms with van der Waals surface area (Å²) in [6.45, 7) is 5.50. The second-order valence-electron chi connectivity index (χ2n) is 4.66. The number of ether oxygens (including phenoxy) is 1. The zero-order valence-electron chi connectivity index (χ0n) is 10.6. The zero-order valence-corrected chi connectivity index (χ0v) is 10.6. The molecule has 0 amide bonds. The lowest BCUT2D eigenvalue weighted by Crippen LogP contribution is -2.36. The van der Waals surface area contributed by atoms with Gasteiger partial charge in [-0.2, -0.15) is 0 Å². The lowest BCUT2D eigenvalue weighted by atomic mass is 10.1. The summed E-state index contributed by atoms with van der Waals surface area (Å²) < 4.78 is 5.38. The van der Waals surface area contributed by atoms with E-state index in [0.29, 0.717) is 0 Å². The molecule has 96 valence electrons. The van der Waals surface area contributed by atoms with Gasteiger partial charge in [0.2, 0.25) is 0 Å². The van der Waals surface area contributed by atoms with Gasteiger partial charge in [-0.05, 0) is 30.7 Å². The molecule has 4 nitrogen and oxygen atoms in total. The van der Waals surface area contributed by atoms with E-state index in [1.54, 1.807) is 0 Å². The van der Waals surface area contributed by atoms with E-state index < -0.39 is 0 Å². The van der Waals surface area contributed by atoms with Crippen molar-refractivity contribution in [3.8, 4) is 0 Å². The Morgan fingerprint density at radius 3 is 2.89 bits per heavy atom. The van der Waals surface area contributed by atoms with E-state index >= 15 is 0 Å². The van der Waals surface area contributed by atoms with Crippen LogP contribution in [0.3, 0.4) is 0 Å². The van der Waals surface area contributed by atoms with Crippen LogP contribution in [0, 0.1) is 0 Å². The van der Waals surface area contributed by atoms with Gasteiger partial charge in [0.15, 0.2) is 0 Å². The number of morpholine rings is 1. The molecule has 2 aliphatic heterocycles. The maximum atomic E-state index is 5.38. The quantitative estimate of drug-likeness (QED) is 0.852. The molecule has 1 saturated heterocycles. The van der Waals surface area contributed by atoms with E-state index in [1.165, 1.54) is 5.57 Å². The van der Waals surface area contributed by atoms with Crippen LogP contribution in [0.5, 0.6) is 0 Å². The van der Waals surface area contributed by atoms with Crippen LogP contribution in [0.25, 0.3) is 5.57 Å². The lowest BCUT2D eigenvalue weighted by molar-refractivity contribution is 0.122. The van der Waals surface area contributed by atoms with Crippen molar-refractivity contribution >= 4 is 11.4 Å². The van der Waals surface area contributed by atoms with Crippen molar-refractivity contribution in [3.63, 3.8) is 0 Å². The smallest absolute Gasteiger partial charge is 0.129 e. The van der Waals surface area contributed by atoms with Crippen LogP contribution in [0.1, 0.15) is 12.1 Å². The van der Waals surface area contributed by atoms with Crippen molar-refractivity contribution in [1.82, 2.24) is 10.3 Å². The van der Waals surface area contributed by atoms with Crippen LogP contribution < -0.4 is 10.2 Å². The molecule has 0 spiro atoms. The number of anilines is 1. The van der Waals surface area contributed by atoms with Gasteiger partial charge in [-0.15, -0.1) is 0 Å². The van der Waals surface area contributed by atoms with Gasteiger partial charge in [0.25, 0.3) is 0 Å². The molecule has 3 rings (SSSR count). The van der Waals surface area contributed by atoms with Crippen LogP contribution >= 0.6 is 0 Å². The minimum Gasteiger partial charge on any atom is -0.378 e. The molecule has 0 bridgehead atoms. The fourth-order valence-electron chi connectivity index (χ4n) is 2.43. The van der Waals surface area contributed by atoms with Crippen molar-refractivity contribution in [2.24, 2.45) is 0 Å². The molecular weight excluding hydrogens is 226 g/mol. The van der Waals surface area contributed by atoms with Crippen molar-refractivity contribution in [3.05, 3.63) is 30.0 Å². The van der Waals surface area contributed by atoms with Gasteiger partial charge in [0, 0.05) is 19.6 Å². The first-order valence-corrected chi connectivity index (χ1v) is 6.63. The molecule has 2 aliphatic rings. The Labute approximate surface area is 108 Å². The summed E-state index contributed by atoms with van der Waals surface area (Å²) in [5, 5.41) is 3.33. The van der Waals surface area contributed by atoms with Crippen molar-refractivity contribution < 1.29 is 4.74 Å². The molecule has 0 saturated carbocycles. The maximum Gasteiger partial charge on any atom is 0.129 e. The molecule has 1 N–H and O–H groups in total. The van der Waals surface area contributed by atoms with Gasteiger partial charge >= 0.3 is 0 Å². The second-order valence-corrected chi connectivity index (χ2v) is 4.66. The van der Waals surface area contributed by atoms with E-state index in [9.17, 15) is 0 Å². The predicted molar refractivity (Wildman–Crippen MR) is 72.7 cm³/mol. The van der Waals surface area contributed by atoms with E-state index in [1.807, 2.05) is 0 Å². The number of nitrogens with one attached hydrogen (secondary N) is 1. The number of pyridine rings is 1.